The molecule has 3 heteroatoms. The number of fused-ring (bicyclic) bond motifs is 1. The largest absolute Gasteiger partial charge is 0.195 e. The number of hydrogen-bond acceptors (Lipinski definition) is 2. The number of nitrogens with zero attached hydrogens (tertiary/aromatic N) is 2. The van der Waals surface area contributed by atoms with E-state index in [0.29, 0.717) is 10.8 Å². The summed E-state index contributed by atoms with van der Waals surface area (Å²) in [5.41, 5.74) is 0.188. The highest BCUT2D eigenvalue weighted by molar-refractivity contribution is 5.69. The summed E-state index contributed by atoms with van der Waals surface area (Å²) in [7, 11) is 0. The molecular weight excluding hydrogens is 155 g/mol. The van der Waals surface area contributed by atoms with Gasteiger partial charge in [0.05, 0.1) is 11.8 Å². The highest BCUT2D eigenvalue weighted by Crippen LogP contribution is 2.47. The molecule has 60 valence electrons. The normalized spacial score (nSPS) is 25.6. The summed E-state index contributed by atoms with van der Waals surface area (Å²) < 4.78 is 13.2. The minimum absolute atomic E-state index is 0.501. The van der Waals surface area contributed by atoms with E-state index in [0.717, 1.165) is 5.56 Å². The molecule has 0 saturated carbocycles. The summed E-state index contributed by atoms with van der Waals surface area (Å²) >= 11 is 0. The Morgan fingerprint density at radius 2 is 2.17 bits per heavy atom. The number of hydrogen-bond donors (Lipinski definition) is 0. The van der Waals surface area contributed by atoms with Crippen LogP contribution in [0.3, 0.4) is 0 Å². The molecule has 1 aliphatic heterocycles. The first-order valence-corrected chi connectivity index (χ1v) is 3.67. The fourth-order valence-corrected chi connectivity index (χ4v) is 1.45. The molecule has 1 aromatic rings. The summed E-state index contributed by atoms with van der Waals surface area (Å²) in [6.07, 6.45) is 0. The van der Waals surface area contributed by atoms with Crippen LogP contribution in [0.5, 0.6) is 0 Å². The Morgan fingerprint density at radius 1 is 1.50 bits per heavy atom. The van der Waals surface area contributed by atoms with Crippen LogP contribution in [0.15, 0.2) is 24.3 Å². The van der Waals surface area contributed by atoms with Crippen molar-refractivity contribution in [2.24, 2.45) is 0 Å². The minimum atomic E-state index is -1.07. The molecule has 2 nitrogen and oxygen atoms in total. The monoisotopic (exact) mass is 162 g/mol. The van der Waals surface area contributed by atoms with Gasteiger partial charge >= 0.3 is 0 Å². The quantitative estimate of drug-likeness (QED) is 0.546. The molecule has 0 fully saturated rings. The highest BCUT2D eigenvalue weighted by atomic mass is 19.2. The maximum Gasteiger partial charge on any atom is 0.182 e. The maximum absolute atomic E-state index is 13.2. The van der Waals surface area contributed by atoms with Gasteiger partial charge in [0.2, 0.25) is 0 Å². The fourth-order valence-electron chi connectivity index (χ4n) is 1.45. The van der Waals surface area contributed by atoms with Crippen molar-refractivity contribution >= 4 is 5.69 Å². The van der Waals surface area contributed by atoms with Gasteiger partial charge in [0, 0.05) is 5.56 Å². The fraction of sp³-hybridized carbons (Fsp3) is 0.222. The molecule has 0 spiro atoms. The van der Waals surface area contributed by atoms with Gasteiger partial charge in [-0.1, -0.05) is 22.7 Å². The Balaban J connectivity index is 2.59. The van der Waals surface area contributed by atoms with E-state index in [1.807, 2.05) is 6.07 Å². The van der Waals surface area contributed by atoms with E-state index in [4.69, 9.17) is 5.26 Å². The van der Waals surface area contributed by atoms with Crippen molar-refractivity contribution < 1.29 is 4.48 Å². The Kier molecular flexibility index (Phi) is 1.17. The van der Waals surface area contributed by atoms with Gasteiger partial charge in [-0.05, 0) is 13.0 Å². The Bertz CT molecular complexity index is 369. The van der Waals surface area contributed by atoms with Crippen LogP contribution in [-0.4, -0.2) is 0 Å². The zero-order valence-electron chi connectivity index (χ0n) is 6.58. The van der Waals surface area contributed by atoms with Crippen LogP contribution >= 0.6 is 0 Å². The number of halogens is 1. The summed E-state index contributed by atoms with van der Waals surface area (Å²) in [5, 5.41) is 9.23. The number of benzene rings is 1. The standard InChI is InChI=1S/C9H7FN2/c1-9(6-11)7-4-2-3-5-8(7)12(9)10/h2-5H,1H3. The van der Waals surface area contributed by atoms with Crippen LogP contribution in [0.2, 0.25) is 0 Å². The molecule has 0 saturated heterocycles. The number of para-hydroxylation sites is 1. The van der Waals surface area contributed by atoms with E-state index in [1.54, 1.807) is 31.2 Å². The first-order valence-electron chi connectivity index (χ1n) is 3.67. The van der Waals surface area contributed by atoms with Gasteiger partial charge in [0.25, 0.3) is 0 Å². The van der Waals surface area contributed by atoms with Crippen molar-refractivity contribution in [2.45, 2.75) is 12.5 Å². The van der Waals surface area contributed by atoms with Crippen molar-refractivity contribution in [3.05, 3.63) is 29.8 Å². The third-order valence-electron chi connectivity index (χ3n) is 2.25. The lowest BCUT2D eigenvalue weighted by Crippen LogP contribution is -2.46. The first kappa shape index (κ1) is 7.11. The summed E-state index contributed by atoms with van der Waals surface area (Å²) in [5.74, 6) is 0. The van der Waals surface area contributed by atoms with Crippen molar-refractivity contribution in [1.82, 2.24) is 0 Å². The average molecular weight is 162 g/mol. The number of nitriles is 1. The molecule has 1 aromatic carbocycles. The van der Waals surface area contributed by atoms with Crippen molar-refractivity contribution in [3.63, 3.8) is 0 Å². The molecule has 0 N–H and O–H groups in total. The van der Waals surface area contributed by atoms with Gasteiger partial charge in [-0.15, -0.1) is 0 Å². The van der Waals surface area contributed by atoms with Gasteiger partial charge < -0.3 is 0 Å². The van der Waals surface area contributed by atoms with Crippen molar-refractivity contribution in [3.8, 4) is 6.07 Å². The van der Waals surface area contributed by atoms with Gasteiger partial charge in [-0.2, -0.15) is 10.4 Å². The zero-order chi connectivity index (χ0) is 8.77. The molecule has 0 aliphatic carbocycles. The number of rotatable bonds is 0. The van der Waals surface area contributed by atoms with Crippen LogP contribution in [0, 0.1) is 11.3 Å². The Hall–Kier alpha value is -1.56. The molecule has 1 atom stereocenters. The van der Waals surface area contributed by atoms with Crippen LogP contribution in [-0.2, 0) is 5.54 Å². The summed E-state index contributed by atoms with van der Waals surface area (Å²) in [4.78, 5) is 0. The van der Waals surface area contributed by atoms with E-state index < -0.39 is 5.54 Å². The summed E-state index contributed by atoms with van der Waals surface area (Å²) in [6, 6.07) is 8.93. The third-order valence-corrected chi connectivity index (χ3v) is 2.25. The van der Waals surface area contributed by atoms with Crippen molar-refractivity contribution in [1.29, 1.82) is 5.26 Å². The predicted molar refractivity (Wildman–Crippen MR) is 43.0 cm³/mol. The average Bonchev–Trinajstić information content (AvgIpc) is 2.16. The van der Waals surface area contributed by atoms with Crippen LogP contribution in [0.25, 0.3) is 0 Å². The highest BCUT2D eigenvalue weighted by Gasteiger charge is 2.47. The summed E-state index contributed by atoms with van der Waals surface area (Å²) in [6.45, 7) is 1.56. The third kappa shape index (κ3) is 0.578. The van der Waals surface area contributed by atoms with Gasteiger partial charge in [-0.3, -0.25) is 0 Å². The van der Waals surface area contributed by atoms with Crippen molar-refractivity contribution in [2.75, 3.05) is 5.12 Å². The van der Waals surface area contributed by atoms with Crippen LogP contribution < -0.4 is 5.12 Å². The van der Waals surface area contributed by atoms with Gasteiger partial charge in [0.1, 0.15) is 0 Å². The molecule has 0 amide bonds. The predicted octanol–water partition coefficient (Wildman–Crippen LogP) is 2.13. The second kappa shape index (κ2) is 1.98. The second-order valence-electron chi connectivity index (χ2n) is 2.98. The minimum Gasteiger partial charge on any atom is -0.195 e. The lowest BCUT2D eigenvalue weighted by atomic mass is 9.84. The second-order valence-corrected chi connectivity index (χ2v) is 2.98. The first-order chi connectivity index (χ1) is 5.70. The number of anilines is 1. The molecule has 12 heavy (non-hydrogen) atoms. The van der Waals surface area contributed by atoms with E-state index >= 15 is 0 Å². The topological polar surface area (TPSA) is 27.0 Å². The zero-order valence-corrected chi connectivity index (χ0v) is 6.58. The SMILES string of the molecule is CC1(C#N)c2ccccc2N1F. The molecule has 0 aromatic heterocycles. The smallest absolute Gasteiger partial charge is 0.182 e. The van der Waals surface area contributed by atoms with Crippen LogP contribution in [0.1, 0.15) is 12.5 Å². The maximum atomic E-state index is 13.2. The molecule has 0 bridgehead atoms. The van der Waals surface area contributed by atoms with E-state index in [-0.39, 0.29) is 0 Å². The molecule has 1 unspecified atom stereocenters. The lowest BCUT2D eigenvalue weighted by molar-refractivity contribution is 0.293. The molecule has 1 aliphatic rings. The Morgan fingerprint density at radius 3 is 2.83 bits per heavy atom. The van der Waals surface area contributed by atoms with E-state index in [1.165, 1.54) is 0 Å². The molecular formula is C9H7FN2. The molecule has 1 heterocycles. The van der Waals surface area contributed by atoms with Gasteiger partial charge in [-0.25, -0.2) is 0 Å². The lowest BCUT2D eigenvalue weighted by Gasteiger charge is -2.41. The molecule has 2 rings (SSSR count). The van der Waals surface area contributed by atoms with Crippen LogP contribution in [0.4, 0.5) is 10.2 Å². The Labute approximate surface area is 69.8 Å². The van der Waals surface area contributed by atoms with E-state index in [2.05, 4.69) is 0 Å². The van der Waals surface area contributed by atoms with Gasteiger partial charge in [0.15, 0.2) is 5.54 Å². The molecule has 0 radical (unpaired) electrons. The van der Waals surface area contributed by atoms with E-state index in [9.17, 15) is 4.48 Å².